The summed E-state index contributed by atoms with van der Waals surface area (Å²) in [5.41, 5.74) is 0.829. The molecule has 3 rings (SSSR count). The highest BCUT2D eigenvalue weighted by atomic mass is 32.1. The van der Waals surface area contributed by atoms with Crippen LogP contribution in [0.4, 0.5) is 0 Å². The monoisotopic (exact) mass is 380 g/mol. The predicted octanol–water partition coefficient (Wildman–Crippen LogP) is 0.765. The Balaban J connectivity index is 1.45. The third kappa shape index (κ3) is 4.73. The Morgan fingerprint density at radius 2 is 1.46 bits per heavy atom. The number of aryl methyl sites for hydroxylation is 1. The van der Waals surface area contributed by atoms with E-state index in [9.17, 15) is 14.4 Å². The van der Waals surface area contributed by atoms with Crippen LogP contribution in [0.2, 0.25) is 0 Å². The van der Waals surface area contributed by atoms with Crippen molar-refractivity contribution in [1.29, 1.82) is 0 Å². The fraction of sp³-hybridized carbons (Fsp3) is 0.722. The van der Waals surface area contributed by atoms with Crippen LogP contribution in [0.25, 0.3) is 0 Å². The zero-order valence-electron chi connectivity index (χ0n) is 15.5. The van der Waals surface area contributed by atoms with E-state index in [1.165, 1.54) is 17.4 Å². The van der Waals surface area contributed by atoms with E-state index in [2.05, 4.69) is 4.90 Å². The van der Waals surface area contributed by atoms with E-state index < -0.39 is 0 Å². The van der Waals surface area contributed by atoms with E-state index >= 15 is 0 Å². The number of aromatic nitrogens is 1. The lowest BCUT2D eigenvalue weighted by atomic mass is 10.2. The van der Waals surface area contributed by atoms with Crippen LogP contribution >= 0.6 is 11.3 Å². The predicted molar refractivity (Wildman–Crippen MR) is 101 cm³/mol. The highest BCUT2D eigenvalue weighted by molar-refractivity contribution is 7.07. The summed E-state index contributed by atoms with van der Waals surface area (Å²) >= 11 is 1.13. The molecule has 26 heavy (non-hydrogen) atoms. The van der Waals surface area contributed by atoms with E-state index in [-0.39, 0.29) is 23.2 Å². The van der Waals surface area contributed by atoms with Gasteiger partial charge in [0.05, 0.1) is 6.54 Å². The van der Waals surface area contributed by atoms with E-state index in [0.717, 1.165) is 43.0 Å². The minimum absolute atomic E-state index is 0.0212. The first-order valence-electron chi connectivity index (χ1n) is 9.47. The third-order valence-corrected chi connectivity index (χ3v) is 6.19. The summed E-state index contributed by atoms with van der Waals surface area (Å²) in [5, 5.41) is 1.78. The van der Waals surface area contributed by atoms with Gasteiger partial charge in [0.25, 0.3) is 0 Å². The molecule has 144 valence electrons. The van der Waals surface area contributed by atoms with Gasteiger partial charge in [0.2, 0.25) is 11.8 Å². The maximum absolute atomic E-state index is 12.5. The number of amides is 2. The van der Waals surface area contributed by atoms with Crippen molar-refractivity contribution < 1.29 is 9.59 Å². The summed E-state index contributed by atoms with van der Waals surface area (Å²) in [4.78, 5) is 42.6. The number of likely N-dealkylation sites (tertiary alicyclic amines) is 1. The quantitative estimate of drug-likeness (QED) is 0.774. The van der Waals surface area contributed by atoms with Crippen LogP contribution in [0.3, 0.4) is 0 Å². The topological polar surface area (TPSA) is 65.9 Å². The highest BCUT2D eigenvalue weighted by Crippen LogP contribution is 2.11. The molecule has 2 aliphatic heterocycles. The Kier molecular flexibility index (Phi) is 6.48. The molecule has 0 spiro atoms. The first-order chi connectivity index (χ1) is 12.5. The Morgan fingerprint density at radius 3 is 2.04 bits per heavy atom. The van der Waals surface area contributed by atoms with Crippen molar-refractivity contribution >= 4 is 23.2 Å². The van der Waals surface area contributed by atoms with Gasteiger partial charge >= 0.3 is 4.87 Å². The zero-order chi connectivity index (χ0) is 18.5. The molecule has 0 bridgehead atoms. The highest BCUT2D eigenvalue weighted by Gasteiger charge is 2.25. The number of rotatable bonds is 4. The summed E-state index contributed by atoms with van der Waals surface area (Å²) < 4.78 is 1.53. The molecule has 1 aromatic rings. The van der Waals surface area contributed by atoms with Gasteiger partial charge in [-0.3, -0.25) is 23.9 Å². The number of thiazole rings is 1. The van der Waals surface area contributed by atoms with E-state index in [0.29, 0.717) is 32.7 Å². The average molecular weight is 381 g/mol. The summed E-state index contributed by atoms with van der Waals surface area (Å²) in [6.07, 6.45) is 4.65. The number of carbonyl (C=O) groups is 2. The van der Waals surface area contributed by atoms with E-state index in [1.807, 2.05) is 11.8 Å². The molecule has 3 heterocycles. The lowest BCUT2D eigenvalue weighted by Gasteiger charge is -2.35. The summed E-state index contributed by atoms with van der Waals surface area (Å²) in [6, 6.07) is 0. The van der Waals surface area contributed by atoms with Gasteiger partial charge in [-0.25, -0.2) is 0 Å². The standard InChI is InChI=1S/C18H28N4O3S/c1-15-14-26-18(25)22(15)13-17(24)21-10-8-19(9-11-21)12-16(23)20-6-4-2-3-5-7-20/h14H,2-13H2,1H3. The van der Waals surface area contributed by atoms with Crippen LogP contribution in [0.5, 0.6) is 0 Å². The van der Waals surface area contributed by atoms with Crippen molar-refractivity contribution in [2.45, 2.75) is 39.2 Å². The molecule has 2 aliphatic rings. The Bertz CT molecular complexity index is 683. The molecular formula is C18H28N4O3S. The van der Waals surface area contributed by atoms with Gasteiger partial charge in [0, 0.05) is 50.3 Å². The first-order valence-corrected chi connectivity index (χ1v) is 10.4. The summed E-state index contributed by atoms with van der Waals surface area (Å²) in [7, 11) is 0. The van der Waals surface area contributed by atoms with Crippen molar-refractivity contribution in [3.8, 4) is 0 Å². The Morgan fingerprint density at radius 1 is 0.885 bits per heavy atom. The molecule has 8 heteroatoms. The van der Waals surface area contributed by atoms with Crippen molar-refractivity contribution in [1.82, 2.24) is 19.3 Å². The number of piperazine rings is 1. The molecule has 0 radical (unpaired) electrons. The fourth-order valence-electron chi connectivity index (χ4n) is 3.60. The lowest BCUT2D eigenvalue weighted by molar-refractivity contribution is -0.135. The van der Waals surface area contributed by atoms with Crippen LogP contribution < -0.4 is 4.87 Å². The molecule has 0 saturated carbocycles. The van der Waals surface area contributed by atoms with Crippen LogP contribution in [0.1, 0.15) is 31.4 Å². The molecule has 0 aromatic carbocycles. The molecule has 2 fully saturated rings. The zero-order valence-corrected chi connectivity index (χ0v) is 16.3. The number of nitrogens with zero attached hydrogens (tertiary/aromatic N) is 4. The smallest absolute Gasteiger partial charge is 0.307 e. The molecule has 1 aromatic heterocycles. The van der Waals surface area contributed by atoms with Gasteiger partial charge in [-0.1, -0.05) is 24.2 Å². The van der Waals surface area contributed by atoms with Gasteiger partial charge in [0.15, 0.2) is 0 Å². The number of carbonyl (C=O) groups excluding carboxylic acids is 2. The van der Waals surface area contributed by atoms with E-state index in [1.54, 1.807) is 10.3 Å². The SMILES string of the molecule is Cc1csc(=O)n1CC(=O)N1CCN(CC(=O)N2CCCCCC2)CC1. The first kappa shape index (κ1) is 19.1. The minimum atomic E-state index is -0.0856. The summed E-state index contributed by atoms with van der Waals surface area (Å²) in [6.45, 7) is 6.82. The van der Waals surface area contributed by atoms with Gasteiger partial charge < -0.3 is 9.80 Å². The van der Waals surface area contributed by atoms with Gasteiger partial charge in [-0.2, -0.15) is 0 Å². The average Bonchev–Trinajstić information content (AvgIpc) is 2.85. The van der Waals surface area contributed by atoms with Gasteiger partial charge in [0.1, 0.15) is 6.54 Å². The maximum Gasteiger partial charge on any atom is 0.307 e. The molecule has 0 unspecified atom stereocenters. The van der Waals surface area contributed by atoms with Crippen LogP contribution in [0, 0.1) is 6.92 Å². The Labute approximate surface area is 158 Å². The van der Waals surface area contributed by atoms with E-state index in [4.69, 9.17) is 0 Å². The molecular weight excluding hydrogens is 352 g/mol. The molecule has 0 atom stereocenters. The third-order valence-electron chi connectivity index (χ3n) is 5.31. The lowest BCUT2D eigenvalue weighted by Crippen LogP contribution is -2.52. The van der Waals surface area contributed by atoms with Crippen molar-refractivity contribution in [2.75, 3.05) is 45.8 Å². The molecule has 2 amide bonds. The van der Waals surface area contributed by atoms with Crippen LogP contribution in [-0.2, 0) is 16.1 Å². The van der Waals surface area contributed by atoms with Crippen molar-refractivity contribution in [3.05, 3.63) is 20.7 Å². The minimum Gasteiger partial charge on any atom is -0.342 e. The number of hydrogen-bond donors (Lipinski definition) is 0. The fourth-order valence-corrected chi connectivity index (χ4v) is 4.33. The normalized spacial score (nSPS) is 19.4. The molecule has 2 saturated heterocycles. The summed E-state index contributed by atoms with van der Waals surface area (Å²) in [5.74, 6) is 0.194. The number of hydrogen-bond acceptors (Lipinski definition) is 5. The maximum atomic E-state index is 12.5. The second kappa shape index (κ2) is 8.81. The van der Waals surface area contributed by atoms with Gasteiger partial charge in [-0.15, -0.1) is 0 Å². The second-order valence-corrected chi connectivity index (χ2v) is 8.00. The van der Waals surface area contributed by atoms with Crippen LogP contribution in [-0.4, -0.2) is 76.9 Å². The van der Waals surface area contributed by atoms with Crippen molar-refractivity contribution in [3.63, 3.8) is 0 Å². The largest absolute Gasteiger partial charge is 0.342 e. The molecule has 7 nitrogen and oxygen atoms in total. The van der Waals surface area contributed by atoms with Gasteiger partial charge in [-0.05, 0) is 19.8 Å². The second-order valence-electron chi connectivity index (χ2n) is 7.18. The molecule has 0 aliphatic carbocycles. The van der Waals surface area contributed by atoms with Crippen molar-refractivity contribution in [2.24, 2.45) is 0 Å². The Hall–Kier alpha value is -1.67. The van der Waals surface area contributed by atoms with Crippen LogP contribution in [0.15, 0.2) is 10.2 Å². The molecule has 0 N–H and O–H groups in total.